The van der Waals surface area contributed by atoms with Gasteiger partial charge in [-0.3, -0.25) is 0 Å². The molecule has 0 fully saturated rings. The van der Waals surface area contributed by atoms with E-state index in [1.807, 2.05) is 24.5 Å². The predicted octanol–water partition coefficient (Wildman–Crippen LogP) is 1.82. The Morgan fingerprint density at radius 1 is 1.36 bits per heavy atom. The molecule has 1 N–H and O–H groups in total. The third kappa shape index (κ3) is 2.09. The lowest BCUT2D eigenvalue weighted by molar-refractivity contribution is 0.220. The highest BCUT2D eigenvalue weighted by Gasteiger charge is 2.05. The van der Waals surface area contributed by atoms with Crippen LogP contribution in [-0.2, 0) is 0 Å². The minimum Gasteiger partial charge on any atom is -0.394 e. The highest BCUT2D eigenvalue weighted by Crippen LogP contribution is 2.12. The van der Waals surface area contributed by atoms with Crippen molar-refractivity contribution in [2.75, 3.05) is 6.61 Å². The summed E-state index contributed by atoms with van der Waals surface area (Å²) in [5.74, 6) is 0. The molecule has 0 saturated carbocycles. The Hall–Kier alpha value is -0.760. The van der Waals surface area contributed by atoms with Gasteiger partial charge in [-0.25, -0.2) is 0 Å². The molecule has 62 valence electrons. The number of nitrogens with zero attached hydrogens (tertiary/aromatic N) is 1. The van der Waals surface area contributed by atoms with E-state index in [0.29, 0.717) is 0 Å². The van der Waals surface area contributed by atoms with Gasteiger partial charge < -0.3 is 9.67 Å². The molecular formula is C9H15NO. The fourth-order valence-electron chi connectivity index (χ4n) is 1.26. The molecule has 1 rings (SSSR count). The lowest BCUT2D eigenvalue weighted by atomic mass is 10.2. The summed E-state index contributed by atoms with van der Waals surface area (Å²) in [7, 11) is 0. The van der Waals surface area contributed by atoms with Gasteiger partial charge in [-0.15, -0.1) is 0 Å². The third-order valence-corrected chi connectivity index (χ3v) is 1.88. The van der Waals surface area contributed by atoms with Crippen molar-refractivity contribution < 1.29 is 5.11 Å². The first-order chi connectivity index (χ1) is 5.38. The summed E-state index contributed by atoms with van der Waals surface area (Å²) < 4.78 is 2.06. The Balaban J connectivity index is 2.56. The fourth-order valence-corrected chi connectivity index (χ4v) is 1.26. The normalized spacial score (nSPS) is 13.3. The monoisotopic (exact) mass is 153 g/mol. The van der Waals surface area contributed by atoms with Crippen molar-refractivity contribution in [1.29, 1.82) is 0 Å². The Kier molecular flexibility index (Phi) is 3.17. The van der Waals surface area contributed by atoms with Gasteiger partial charge in [0.25, 0.3) is 0 Å². The summed E-state index contributed by atoms with van der Waals surface area (Å²) in [4.78, 5) is 0. The zero-order chi connectivity index (χ0) is 8.10. The molecule has 1 atom stereocenters. The van der Waals surface area contributed by atoms with Crippen molar-refractivity contribution in [2.45, 2.75) is 25.8 Å². The van der Waals surface area contributed by atoms with Crippen LogP contribution in [0, 0.1) is 0 Å². The van der Waals surface area contributed by atoms with Crippen LogP contribution in [0.4, 0.5) is 0 Å². The molecule has 0 saturated heterocycles. The molecule has 0 bridgehead atoms. The molecule has 2 nitrogen and oxygen atoms in total. The highest BCUT2D eigenvalue weighted by molar-refractivity contribution is 4.92. The molecule has 11 heavy (non-hydrogen) atoms. The van der Waals surface area contributed by atoms with E-state index in [2.05, 4.69) is 11.5 Å². The molecule has 0 aromatic carbocycles. The molecule has 0 radical (unpaired) electrons. The predicted molar refractivity (Wildman–Crippen MR) is 45.5 cm³/mol. The van der Waals surface area contributed by atoms with Gasteiger partial charge in [-0.05, 0) is 18.6 Å². The van der Waals surface area contributed by atoms with E-state index in [4.69, 9.17) is 5.11 Å². The van der Waals surface area contributed by atoms with Gasteiger partial charge in [0.1, 0.15) is 0 Å². The zero-order valence-corrected chi connectivity index (χ0v) is 6.90. The molecule has 1 unspecified atom stereocenters. The maximum Gasteiger partial charge on any atom is 0.0638 e. The minimum atomic E-state index is 0.239. The van der Waals surface area contributed by atoms with Crippen molar-refractivity contribution in [3.05, 3.63) is 24.5 Å². The smallest absolute Gasteiger partial charge is 0.0638 e. The van der Waals surface area contributed by atoms with Crippen molar-refractivity contribution in [2.24, 2.45) is 0 Å². The number of aliphatic hydroxyl groups excluding tert-OH is 1. The summed E-state index contributed by atoms with van der Waals surface area (Å²) in [5.41, 5.74) is 0. The SMILES string of the molecule is CCCC(CO)n1cccc1. The van der Waals surface area contributed by atoms with E-state index >= 15 is 0 Å². The van der Waals surface area contributed by atoms with E-state index in [1.165, 1.54) is 0 Å². The largest absolute Gasteiger partial charge is 0.394 e. The van der Waals surface area contributed by atoms with Crippen molar-refractivity contribution in [3.8, 4) is 0 Å². The molecule has 0 aliphatic carbocycles. The van der Waals surface area contributed by atoms with Gasteiger partial charge in [0.05, 0.1) is 12.6 Å². The first-order valence-corrected chi connectivity index (χ1v) is 4.11. The van der Waals surface area contributed by atoms with Crippen LogP contribution < -0.4 is 0 Å². The second kappa shape index (κ2) is 4.19. The van der Waals surface area contributed by atoms with E-state index in [0.717, 1.165) is 12.8 Å². The second-order valence-electron chi connectivity index (χ2n) is 2.76. The van der Waals surface area contributed by atoms with Crippen LogP contribution in [0.25, 0.3) is 0 Å². The first kappa shape index (κ1) is 8.34. The van der Waals surface area contributed by atoms with Crippen LogP contribution >= 0.6 is 0 Å². The van der Waals surface area contributed by atoms with Gasteiger partial charge in [-0.2, -0.15) is 0 Å². The van der Waals surface area contributed by atoms with E-state index in [-0.39, 0.29) is 12.6 Å². The maximum atomic E-state index is 9.01. The van der Waals surface area contributed by atoms with Crippen molar-refractivity contribution in [1.82, 2.24) is 4.57 Å². The lowest BCUT2D eigenvalue weighted by Crippen LogP contribution is -2.10. The Morgan fingerprint density at radius 3 is 2.45 bits per heavy atom. The molecular weight excluding hydrogens is 138 g/mol. The molecule has 0 spiro atoms. The zero-order valence-electron chi connectivity index (χ0n) is 6.90. The Morgan fingerprint density at radius 2 is 2.00 bits per heavy atom. The summed E-state index contributed by atoms with van der Waals surface area (Å²) in [5, 5.41) is 9.01. The maximum absolute atomic E-state index is 9.01. The first-order valence-electron chi connectivity index (χ1n) is 4.11. The Bertz CT molecular complexity index is 181. The second-order valence-corrected chi connectivity index (χ2v) is 2.76. The van der Waals surface area contributed by atoms with Gasteiger partial charge in [0.15, 0.2) is 0 Å². The number of hydrogen-bond donors (Lipinski definition) is 1. The van der Waals surface area contributed by atoms with Crippen LogP contribution in [0.5, 0.6) is 0 Å². The number of rotatable bonds is 4. The minimum absolute atomic E-state index is 0.239. The molecule has 0 aliphatic heterocycles. The highest BCUT2D eigenvalue weighted by atomic mass is 16.3. The van der Waals surface area contributed by atoms with Crippen molar-refractivity contribution >= 4 is 0 Å². The van der Waals surface area contributed by atoms with Crippen LogP contribution in [-0.4, -0.2) is 16.3 Å². The summed E-state index contributed by atoms with van der Waals surface area (Å²) in [6.45, 7) is 2.37. The lowest BCUT2D eigenvalue weighted by Gasteiger charge is -2.14. The average molecular weight is 153 g/mol. The van der Waals surface area contributed by atoms with Crippen molar-refractivity contribution in [3.63, 3.8) is 0 Å². The quantitative estimate of drug-likeness (QED) is 0.701. The molecule has 0 amide bonds. The van der Waals surface area contributed by atoms with Crippen LogP contribution in [0.2, 0.25) is 0 Å². The fraction of sp³-hybridized carbons (Fsp3) is 0.556. The van der Waals surface area contributed by atoms with E-state index in [9.17, 15) is 0 Å². The van der Waals surface area contributed by atoms with Crippen LogP contribution in [0.15, 0.2) is 24.5 Å². The average Bonchev–Trinajstić information content (AvgIpc) is 2.52. The van der Waals surface area contributed by atoms with E-state index < -0.39 is 0 Å². The molecule has 1 aromatic heterocycles. The number of aliphatic hydroxyl groups is 1. The number of aromatic nitrogens is 1. The standard InChI is InChI=1S/C9H15NO/c1-2-5-9(8-11)10-6-3-4-7-10/h3-4,6-7,9,11H,2,5,8H2,1H3. The van der Waals surface area contributed by atoms with E-state index in [1.54, 1.807) is 0 Å². The molecule has 1 heterocycles. The third-order valence-electron chi connectivity index (χ3n) is 1.88. The number of hydrogen-bond acceptors (Lipinski definition) is 1. The topological polar surface area (TPSA) is 25.2 Å². The van der Waals surface area contributed by atoms with Crippen LogP contribution in [0.3, 0.4) is 0 Å². The molecule has 0 aliphatic rings. The van der Waals surface area contributed by atoms with Crippen LogP contribution in [0.1, 0.15) is 25.8 Å². The molecule has 2 heteroatoms. The van der Waals surface area contributed by atoms with Gasteiger partial charge in [0.2, 0.25) is 0 Å². The van der Waals surface area contributed by atoms with Gasteiger partial charge in [-0.1, -0.05) is 13.3 Å². The summed E-state index contributed by atoms with van der Waals surface area (Å²) >= 11 is 0. The summed E-state index contributed by atoms with van der Waals surface area (Å²) in [6.07, 6.45) is 6.15. The molecule has 1 aromatic rings. The Labute approximate surface area is 67.5 Å². The van der Waals surface area contributed by atoms with Gasteiger partial charge >= 0.3 is 0 Å². The summed E-state index contributed by atoms with van der Waals surface area (Å²) in [6, 6.07) is 4.24. The van der Waals surface area contributed by atoms with Gasteiger partial charge in [0, 0.05) is 12.4 Å².